The van der Waals surface area contributed by atoms with Gasteiger partial charge in [0.25, 0.3) is 0 Å². The molecule has 0 aromatic heterocycles. The minimum absolute atomic E-state index is 0.00569. The highest BCUT2D eigenvalue weighted by molar-refractivity contribution is 6.76. The number of nitrogens with one attached hydrogen (secondary N) is 1. The van der Waals surface area contributed by atoms with E-state index in [2.05, 4.69) is 37.1 Å². The Kier molecular flexibility index (Phi) is 5.99. The number of carbonyl (C=O) groups is 1. The second-order valence-corrected chi connectivity index (χ2v) is 12.5. The van der Waals surface area contributed by atoms with Crippen LogP contribution in [0, 0.1) is 0 Å². The van der Waals surface area contributed by atoms with Crippen LogP contribution in [0.2, 0.25) is 25.7 Å². The molecule has 0 spiro atoms. The van der Waals surface area contributed by atoms with Crippen molar-refractivity contribution in [1.29, 1.82) is 0 Å². The normalized spacial score (nSPS) is 12.5. The summed E-state index contributed by atoms with van der Waals surface area (Å²) in [5, 5.41) is 3.03. The van der Waals surface area contributed by atoms with Crippen molar-refractivity contribution in [3.63, 3.8) is 0 Å². The van der Waals surface area contributed by atoms with Crippen molar-refractivity contribution in [2.24, 2.45) is 0 Å². The second kappa shape index (κ2) is 7.97. The monoisotopic (exact) mass is 327 g/mol. The van der Waals surface area contributed by atoms with Crippen LogP contribution in [0.25, 0.3) is 0 Å². The third kappa shape index (κ3) is 6.28. The van der Waals surface area contributed by atoms with Crippen molar-refractivity contribution in [2.45, 2.75) is 38.3 Å². The quantitative estimate of drug-likeness (QED) is 0.759. The van der Waals surface area contributed by atoms with Gasteiger partial charge in [0.1, 0.15) is 6.61 Å². The summed E-state index contributed by atoms with van der Waals surface area (Å²) in [4.78, 5) is 12.2. The highest BCUT2D eigenvalue weighted by atomic mass is 28.3. The molecule has 0 fully saturated rings. The van der Waals surface area contributed by atoms with Crippen molar-refractivity contribution in [3.05, 3.63) is 71.8 Å². The summed E-state index contributed by atoms with van der Waals surface area (Å²) in [6.07, 6.45) is -0.360. The Morgan fingerprint density at radius 1 is 1.00 bits per heavy atom. The largest absolute Gasteiger partial charge is 0.445 e. The van der Waals surface area contributed by atoms with E-state index in [4.69, 9.17) is 4.74 Å². The van der Waals surface area contributed by atoms with Gasteiger partial charge < -0.3 is 10.1 Å². The SMILES string of the molecule is C[Si](C)(C)CC(NC(=O)OCc1ccccc1)c1ccccc1. The minimum Gasteiger partial charge on any atom is -0.445 e. The number of ether oxygens (including phenoxy) is 1. The zero-order valence-corrected chi connectivity index (χ0v) is 15.1. The van der Waals surface area contributed by atoms with E-state index >= 15 is 0 Å². The topological polar surface area (TPSA) is 38.3 Å². The minimum atomic E-state index is -1.33. The first kappa shape index (κ1) is 17.3. The molecule has 1 unspecified atom stereocenters. The Morgan fingerprint density at radius 3 is 2.13 bits per heavy atom. The molecule has 122 valence electrons. The van der Waals surface area contributed by atoms with Gasteiger partial charge in [-0.25, -0.2) is 4.79 Å². The van der Waals surface area contributed by atoms with E-state index in [1.165, 1.54) is 0 Å². The maximum atomic E-state index is 12.2. The van der Waals surface area contributed by atoms with E-state index in [0.29, 0.717) is 6.61 Å². The average Bonchev–Trinajstić information content (AvgIpc) is 2.53. The fourth-order valence-corrected chi connectivity index (χ4v) is 4.02. The van der Waals surface area contributed by atoms with Gasteiger partial charge in [0, 0.05) is 8.07 Å². The van der Waals surface area contributed by atoms with Gasteiger partial charge in [-0.15, -0.1) is 0 Å². The molecule has 0 aliphatic heterocycles. The number of rotatable bonds is 6. The van der Waals surface area contributed by atoms with Crippen LogP contribution in [0.15, 0.2) is 60.7 Å². The Morgan fingerprint density at radius 2 is 1.57 bits per heavy atom. The van der Waals surface area contributed by atoms with E-state index < -0.39 is 8.07 Å². The highest BCUT2D eigenvalue weighted by Crippen LogP contribution is 2.24. The van der Waals surface area contributed by atoms with Gasteiger partial charge in [-0.1, -0.05) is 80.3 Å². The molecular formula is C19H25NO2Si. The lowest BCUT2D eigenvalue weighted by Crippen LogP contribution is -2.34. The first-order valence-corrected chi connectivity index (χ1v) is 11.7. The van der Waals surface area contributed by atoms with Crippen molar-refractivity contribution in [1.82, 2.24) is 5.32 Å². The first-order valence-electron chi connectivity index (χ1n) is 7.96. The molecule has 3 nitrogen and oxygen atoms in total. The van der Waals surface area contributed by atoms with Crippen LogP contribution in [0.5, 0.6) is 0 Å². The molecule has 4 heteroatoms. The van der Waals surface area contributed by atoms with Gasteiger partial charge in [0.15, 0.2) is 0 Å². The van der Waals surface area contributed by atoms with Crippen LogP contribution in [0.4, 0.5) is 4.79 Å². The van der Waals surface area contributed by atoms with E-state index in [0.717, 1.165) is 17.2 Å². The smallest absolute Gasteiger partial charge is 0.407 e. The molecule has 2 rings (SSSR count). The molecule has 1 N–H and O–H groups in total. The van der Waals surface area contributed by atoms with Gasteiger partial charge >= 0.3 is 6.09 Å². The maximum Gasteiger partial charge on any atom is 0.407 e. The van der Waals surface area contributed by atoms with Gasteiger partial charge in [-0.3, -0.25) is 0 Å². The summed E-state index contributed by atoms with van der Waals surface area (Å²) in [7, 11) is -1.33. The third-order valence-corrected chi connectivity index (χ3v) is 5.16. The molecule has 2 aromatic carbocycles. The summed E-state index contributed by atoms with van der Waals surface area (Å²) in [6.45, 7) is 7.21. The number of amides is 1. The van der Waals surface area contributed by atoms with E-state index in [-0.39, 0.29) is 12.1 Å². The van der Waals surface area contributed by atoms with Gasteiger partial charge in [0.05, 0.1) is 6.04 Å². The maximum absolute atomic E-state index is 12.2. The molecule has 1 atom stereocenters. The Labute approximate surface area is 139 Å². The molecule has 2 aromatic rings. The predicted molar refractivity (Wildman–Crippen MR) is 97.1 cm³/mol. The lowest BCUT2D eigenvalue weighted by Gasteiger charge is -2.25. The molecule has 0 aliphatic rings. The molecule has 0 bridgehead atoms. The standard InChI is InChI=1S/C19H25NO2Si/c1-23(2,3)15-18(17-12-8-5-9-13-17)20-19(21)22-14-16-10-6-4-7-11-16/h4-13,18H,14-15H2,1-3H3,(H,20,21). The average molecular weight is 328 g/mol. The fraction of sp³-hybridized carbons (Fsp3) is 0.316. The molecule has 0 heterocycles. The highest BCUT2D eigenvalue weighted by Gasteiger charge is 2.23. The lowest BCUT2D eigenvalue weighted by molar-refractivity contribution is 0.136. The van der Waals surface area contributed by atoms with Crippen molar-refractivity contribution < 1.29 is 9.53 Å². The second-order valence-electron chi connectivity index (χ2n) is 6.93. The molecular weight excluding hydrogens is 302 g/mol. The van der Waals surface area contributed by atoms with Crippen LogP contribution in [0.3, 0.4) is 0 Å². The summed E-state index contributed by atoms with van der Waals surface area (Å²) in [5.41, 5.74) is 2.12. The molecule has 23 heavy (non-hydrogen) atoms. The number of carbonyl (C=O) groups excluding carboxylic acids is 1. The Bertz CT molecular complexity index is 608. The van der Waals surface area contributed by atoms with E-state index in [9.17, 15) is 4.79 Å². The zero-order valence-electron chi connectivity index (χ0n) is 14.1. The lowest BCUT2D eigenvalue weighted by atomic mass is 10.1. The Hall–Kier alpha value is -2.07. The fourth-order valence-electron chi connectivity index (χ4n) is 2.46. The summed E-state index contributed by atoms with van der Waals surface area (Å²) < 4.78 is 5.36. The van der Waals surface area contributed by atoms with Crippen molar-refractivity contribution in [3.8, 4) is 0 Å². The van der Waals surface area contributed by atoms with Crippen LogP contribution in [-0.4, -0.2) is 14.2 Å². The molecule has 0 saturated carbocycles. The van der Waals surface area contributed by atoms with E-state index in [1.54, 1.807) is 0 Å². The molecule has 1 amide bonds. The van der Waals surface area contributed by atoms with Crippen LogP contribution < -0.4 is 5.32 Å². The van der Waals surface area contributed by atoms with Crippen LogP contribution in [0.1, 0.15) is 17.2 Å². The van der Waals surface area contributed by atoms with Gasteiger partial charge in [-0.05, 0) is 17.2 Å². The number of hydrogen-bond donors (Lipinski definition) is 1. The molecule has 0 saturated heterocycles. The first-order chi connectivity index (χ1) is 10.9. The summed E-state index contributed by atoms with van der Waals surface area (Å²) in [6, 6.07) is 20.8. The number of alkyl carbamates (subject to hydrolysis) is 1. The van der Waals surface area contributed by atoms with Gasteiger partial charge in [-0.2, -0.15) is 0 Å². The van der Waals surface area contributed by atoms with Crippen LogP contribution >= 0.6 is 0 Å². The molecule has 0 radical (unpaired) electrons. The Balaban J connectivity index is 1.98. The van der Waals surface area contributed by atoms with Crippen molar-refractivity contribution >= 4 is 14.2 Å². The number of benzene rings is 2. The summed E-state index contributed by atoms with van der Waals surface area (Å²) >= 11 is 0. The zero-order chi connectivity index (χ0) is 16.7. The summed E-state index contributed by atoms with van der Waals surface area (Å²) in [5.74, 6) is 0. The molecule has 0 aliphatic carbocycles. The van der Waals surface area contributed by atoms with Crippen molar-refractivity contribution in [2.75, 3.05) is 0 Å². The number of hydrogen-bond acceptors (Lipinski definition) is 2. The van der Waals surface area contributed by atoms with Gasteiger partial charge in [0.2, 0.25) is 0 Å². The van der Waals surface area contributed by atoms with E-state index in [1.807, 2.05) is 48.5 Å². The third-order valence-electron chi connectivity index (χ3n) is 3.52. The van der Waals surface area contributed by atoms with Crippen LogP contribution in [-0.2, 0) is 11.3 Å². The predicted octanol–water partition coefficient (Wildman–Crippen LogP) is 4.99.